The lowest BCUT2D eigenvalue weighted by Gasteiger charge is -2.20. The van der Waals surface area contributed by atoms with Crippen LogP contribution in [0.1, 0.15) is 37.4 Å². The second kappa shape index (κ2) is 6.90. The van der Waals surface area contributed by atoms with E-state index in [0.717, 1.165) is 24.1 Å². The van der Waals surface area contributed by atoms with Gasteiger partial charge in [0.1, 0.15) is 0 Å². The second-order valence-electron chi connectivity index (χ2n) is 4.56. The Morgan fingerprint density at radius 2 is 1.89 bits per heavy atom. The summed E-state index contributed by atoms with van der Waals surface area (Å²) >= 11 is 0. The second-order valence-corrected chi connectivity index (χ2v) is 6.96. The number of nitrogens with one attached hydrogen (secondary N) is 1. The maximum Gasteiger partial charge on any atom is 0.151 e. The highest BCUT2D eigenvalue weighted by Gasteiger charge is 2.19. The van der Waals surface area contributed by atoms with Crippen LogP contribution < -0.4 is 5.32 Å². The van der Waals surface area contributed by atoms with Gasteiger partial charge in [0.25, 0.3) is 0 Å². The smallest absolute Gasteiger partial charge is 0.151 e. The van der Waals surface area contributed by atoms with Crippen LogP contribution in [0.4, 0.5) is 0 Å². The Kier molecular flexibility index (Phi) is 5.82. The lowest BCUT2D eigenvalue weighted by molar-refractivity contribution is 0.545. The van der Waals surface area contributed by atoms with Gasteiger partial charge >= 0.3 is 0 Å². The molecule has 1 atom stereocenters. The minimum atomic E-state index is -2.98. The lowest BCUT2D eigenvalue weighted by Crippen LogP contribution is -2.30. The molecule has 1 N–H and O–H groups in total. The van der Waals surface area contributed by atoms with E-state index < -0.39 is 9.84 Å². The minimum absolute atomic E-state index is 0.101. The predicted molar refractivity (Wildman–Crippen MR) is 76.5 cm³/mol. The molecule has 1 unspecified atom stereocenters. The van der Waals surface area contributed by atoms with Crippen molar-refractivity contribution >= 4 is 9.84 Å². The molecule has 0 saturated heterocycles. The van der Waals surface area contributed by atoms with Gasteiger partial charge in [0.15, 0.2) is 9.84 Å². The normalized spacial score (nSPS) is 13.5. The SMILES string of the molecule is CCCNC(CS(=O)(=O)CC)c1ccccc1C. The topological polar surface area (TPSA) is 46.2 Å². The van der Waals surface area contributed by atoms with E-state index in [1.54, 1.807) is 6.92 Å². The first-order chi connectivity index (χ1) is 8.50. The molecule has 0 fully saturated rings. The highest BCUT2D eigenvalue weighted by atomic mass is 32.2. The number of sulfone groups is 1. The lowest BCUT2D eigenvalue weighted by atomic mass is 10.0. The van der Waals surface area contributed by atoms with Crippen LogP contribution in [0.2, 0.25) is 0 Å². The summed E-state index contributed by atoms with van der Waals surface area (Å²) in [7, 11) is -2.98. The first kappa shape index (κ1) is 15.2. The zero-order chi connectivity index (χ0) is 13.6. The van der Waals surface area contributed by atoms with E-state index in [-0.39, 0.29) is 17.5 Å². The van der Waals surface area contributed by atoms with E-state index in [1.165, 1.54) is 0 Å². The van der Waals surface area contributed by atoms with Crippen molar-refractivity contribution in [1.82, 2.24) is 5.32 Å². The van der Waals surface area contributed by atoms with Crippen LogP contribution in [0.3, 0.4) is 0 Å². The fraction of sp³-hybridized carbons (Fsp3) is 0.571. The molecule has 0 bridgehead atoms. The zero-order valence-corrected chi connectivity index (χ0v) is 12.3. The molecule has 4 heteroatoms. The molecule has 1 aromatic carbocycles. The summed E-state index contributed by atoms with van der Waals surface area (Å²) in [5.74, 6) is 0.373. The average Bonchev–Trinajstić information content (AvgIpc) is 2.35. The first-order valence-electron chi connectivity index (χ1n) is 6.49. The molecule has 1 rings (SSSR count). The minimum Gasteiger partial charge on any atom is -0.309 e. The Bertz CT molecular complexity index is 468. The van der Waals surface area contributed by atoms with E-state index >= 15 is 0 Å². The molecule has 0 spiro atoms. The van der Waals surface area contributed by atoms with Crippen LogP contribution in [0.15, 0.2) is 24.3 Å². The van der Waals surface area contributed by atoms with Crippen molar-refractivity contribution in [3.63, 3.8) is 0 Å². The Balaban J connectivity index is 2.95. The van der Waals surface area contributed by atoms with E-state index in [2.05, 4.69) is 12.2 Å². The molecule has 1 aromatic rings. The van der Waals surface area contributed by atoms with Gasteiger partial charge < -0.3 is 5.32 Å². The third-order valence-electron chi connectivity index (χ3n) is 3.07. The third kappa shape index (κ3) is 4.42. The molecule has 18 heavy (non-hydrogen) atoms. The predicted octanol–water partition coefficient (Wildman–Crippen LogP) is 2.47. The van der Waals surface area contributed by atoms with Gasteiger partial charge in [0.05, 0.1) is 5.75 Å². The third-order valence-corrected chi connectivity index (χ3v) is 4.79. The van der Waals surface area contributed by atoms with E-state index in [0.29, 0.717) is 0 Å². The van der Waals surface area contributed by atoms with Crippen molar-refractivity contribution in [3.8, 4) is 0 Å². The van der Waals surface area contributed by atoms with Crippen LogP contribution >= 0.6 is 0 Å². The molecule has 0 aliphatic rings. The molecule has 0 saturated carbocycles. The van der Waals surface area contributed by atoms with Crippen molar-refractivity contribution in [1.29, 1.82) is 0 Å². The summed E-state index contributed by atoms with van der Waals surface area (Å²) in [6.45, 7) is 6.63. The van der Waals surface area contributed by atoms with Crippen molar-refractivity contribution in [2.45, 2.75) is 33.2 Å². The molecule has 3 nitrogen and oxygen atoms in total. The molecule has 0 aliphatic heterocycles. The Morgan fingerprint density at radius 3 is 2.44 bits per heavy atom. The van der Waals surface area contributed by atoms with Crippen LogP contribution in [0.5, 0.6) is 0 Å². The number of hydrogen-bond donors (Lipinski definition) is 1. The summed E-state index contributed by atoms with van der Waals surface area (Å²) in [5, 5.41) is 3.34. The van der Waals surface area contributed by atoms with Crippen molar-refractivity contribution < 1.29 is 8.42 Å². The van der Waals surface area contributed by atoms with Gasteiger partial charge in [-0.1, -0.05) is 38.1 Å². The van der Waals surface area contributed by atoms with E-state index in [1.807, 2.05) is 31.2 Å². The molecular weight excluding hydrogens is 246 g/mol. The molecule has 0 aliphatic carbocycles. The summed E-state index contributed by atoms with van der Waals surface area (Å²) in [6, 6.07) is 7.87. The van der Waals surface area contributed by atoms with E-state index in [4.69, 9.17) is 0 Å². The van der Waals surface area contributed by atoms with Crippen molar-refractivity contribution in [3.05, 3.63) is 35.4 Å². The average molecular weight is 269 g/mol. The highest BCUT2D eigenvalue weighted by Crippen LogP contribution is 2.19. The molecule has 0 radical (unpaired) electrons. The van der Waals surface area contributed by atoms with E-state index in [9.17, 15) is 8.42 Å². The Hall–Kier alpha value is -0.870. The summed E-state index contributed by atoms with van der Waals surface area (Å²) in [5.41, 5.74) is 2.22. The van der Waals surface area contributed by atoms with Gasteiger partial charge in [0, 0.05) is 11.8 Å². The largest absolute Gasteiger partial charge is 0.309 e. The standard InChI is InChI=1S/C14H23NO2S/c1-4-10-15-14(11-18(16,17)5-2)13-9-7-6-8-12(13)3/h6-9,14-15H,4-5,10-11H2,1-3H3. The number of hydrogen-bond acceptors (Lipinski definition) is 3. The fourth-order valence-electron chi connectivity index (χ4n) is 1.93. The Morgan fingerprint density at radius 1 is 1.22 bits per heavy atom. The van der Waals surface area contributed by atoms with Crippen LogP contribution in [-0.4, -0.2) is 26.5 Å². The molecule has 0 amide bonds. The van der Waals surface area contributed by atoms with Gasteiger partial charge in [-0.15, -0.1) is 0 Å². The molecular formula is C14H23NO2S. The highest BCUT2D eigenvalue weighted by molar-refractivity contribution is 7.91. The fourth-order valence-corrected chi connectivity index (χ4v) is 2.97. The molecule has 0 aromatic heterocycles. The van der Waals surface area contributed by atoms with Gasteiger partial charge in [-0.05, 0) is 31.0 Å². The van der Waals surface area contributed by atoms with Gasteiger partial charge in [-0.2, -0.15) is 0 Å². The van der Waals surface area contributed by atoms with Crippen molar-refractivity contribution in [2.75, 3.05) is 18.1 Å². The zero-order valence-electron chi connectivity index (χ0n) is 11.4. The Labute approximate surface area is 111 Å². The van der Waals surface area contributed by atoms with Gasteiger partial charge in [-0.3, -0.25) is 0 Å². The number of benzene rings is 1. The van der Waals surface area contributed by atoms with Gasteiger partial charge in [-0.25, -0.2) is 8.42 Å². The first-order valence-corrected chi connectivity index (χ1v) is 8.31. The van der Waals surface area contributed by atoms with Crippen LogP contribution in [-0.2, 0) is 9.84 Å². The number of rotatable bonds is 7. The monoisotopic (exact) mass is 269 g/mol. The van der Waals surface area contributed by atoms with Crippen molar-refractivity contribution in [2.24, 2.45) is 0 Å². The quantitative estimate of drug-likeness (QED) is 0.827. The summed E-state index contributed by atoms with van der Waals surface area (Å²) < 4.78 is 23.6. The summed E-state index contributed by atoms with van der Waals surface area (Å²) in [6.07, 6.45) is 0.995. The maximum atomic E-state index is 11.8. The van der Waals surface area contributed by atoms with Crippen LogP contribution in [0, 0.1) is 6.92 Å². The maximum absolute atomic E-state index is 11.8. The molecule has 102 valence electrons. The number of aryl methyl sites for hydroxylation is 1. The summed E-state index contributed by atoms with van der Waals surface area (Å²) in [4.78, 5) is 0. The molecule has 0 heterocycles. The van der Waals surface area contributed by atoms with Crippen LogP contribution in [0.25, 0.3) is 0 Å². The van der Waals surface area contributed by atoms with Gasteiger partial charge in [0.2, 0.25) is 0 Å².